The summed E-state index contributed by atoms with van der Waals surface area (Å²) in [6, 6.07) is 108. The van der Waals surface area contributed by atoms with Gasteiger partial charge >= 0.3 is 0 Å². The third-order valence-corrected chi connectivity index (χ3v) is 24.2. The Hall–Kier alpha value is -11.8. The maximum atomic E-state index is 15.4. The lowest BCUT2D eigenvalue weighted by Gasteiger charge is -2.29. The number of rotatable bonds is 8. The topological polar surface area (TPSA) is 88.0 Å². The third-order valence-electron chi connectivity index (χ3n) is 24.2. The van der Waals surface area contributed by atoms with Crippen molar-refractivity contribution in [3.8, 4) is 0 Å². The van der Waals surface area contributed by atoms with Crippen molar-refractivity contribution in [2.75, 3.05) is 0 Å². The fraction of sp³-hybridized carbons (Fsp3) is 0.314. The smallest absolute Gasteiger partial charge is 0.258 e. The van der Waals surface area contributed by atoms with Crippen LogP contribution >= 0.6 is 0 Å². The van der Waals surface area contributed by atoms with Crippen LogP contribution in [0.1, 0.15) is 180 Å². The third kappa shape index (κ3) is 16.6. The predicted octanol–water partition coefficient (Wildman–Crippen LogP) is 23.9. The summed E-state index contributed by atoms with van der Waals surface area (Å²) in [7, 11) is 0. The average molecular weight is 1440 g/mol. The van der Waals surface area contributed by atoms with E-state index in [-0.39, 0.29) is 46.4 Å². The Labute approximate surface area is 647 Å². The van der Waals surface area contributed by atoms with E-state index in [0.29, 0.717) is 66.8 Å². The van der Waals surface area contributed by atoms with Crippen LogP contribution < -0.4 is 22.2 Å². The van der Waals surface area contributed by atoms with E-state index in [0.717, 1.165) is 168 Å². The lowest BCUT2D eigenvalue weighted by molar-refractivity contribution is 0.265. The molecule has 4 atom stereocenters. The summed E-state index contributed by atoms with van der Waals surface area (Å²) < 4.78 is 7.86. The Balaban J connectivity index is 0.993. The highest BCUT2D eigenvalue weighted by Crippen LogP contribution is 2.37. The molecule has 4 saturated carbocycles. The fourth-order valence-corrected chi connectivity index (χ4v) is 17.6. The van der Waals surface area contributed by atoms with Gasteiger partial charge in [0.25, 0.3) is 22.2 Å². The molecular weight excluding hydrogens is 1350 g/mol. The molecule has 0 amide bonds. The normalized spacial score (nSPS) is 16.0. The van der Waals surface area contributed by atoms with E-state index in [1.807, 2.05) is 225 Å². The first kappa shape index (κ1) is 73.7. The van der Waals surface area contributed by atoms with Gasteiger partial charge in [-0.25, -0.2) is 0 Å². The van der Waals surface area contributed by atoms with Gasteiger partial charge in [-0.1, -0.05) is 174 Å². The van der Waals surface area contributed by atoms with Gasteiger partial charge in [0.15, 0.2) is 0 Å². The molecule has 110 heavy (non-hydrogen) atoms. The Bertz CT molecular complexity index is 5590. The minimum atomic E-state index is -0.122. The molecule has 19 aromatic rings. The largest absolute Gasteiger partial charge is 0.305 e. The van der Waals surface area contributed by atoms with Gasteiger partial charge in [-0.15, -0.1) is 0 Å². The van der Waals surface area contributed by atoms with E-state index in [1.165, 1.54) is 25.7 Å². The highest BCUT2D eigenvalue weighted by Gasteiger charge is 2.27. The van der Waals surface area contributed by atoms with E-state index in [9.17, 15) is 0 Å². The number of hydrogen-bond donors (Lipinski definition) is 0. The lowest BCUT2D eigenvalue weighted by atomic mass is 9.84. The highest BCUT2D eigenvalue weighted by atomic mass is 16.1. The quantitative estimate of drug-likeness (QED) is 0.152. The number of benzene rings is 9. The molecule has 546 valence electrons. The van der Waals surface area contributed by atoms with Crippen LogP contribution in [0.4, 0.5) is 0 Å². The summed E-state index contributed by atoms with van der Waals surface area (Å²) in [5, 5.41) is 10.5. The molecule has 8 heteroatoms. The Morgan fingerprint density at radius 1 is 0.227 bits per heavy atom. The van der Waals surface area contributed by atoms with Crippen molar-refractivity contribution in [1.82, 2.24) is 18.3 Å². The molecule has 0 aliphatic heterocycles. The van der Waals surface area contributed by atoms with Crippen LogP contribution in [0.2, 0.25) is 0 Å². The van der Waals surface area contributed by atoms with Crippen molar-refractivity contribution < 1.29 is 0 Å². The molecule has 0 N–H and O–H groups in total. The van der Waals surface area contributed by atoms with Crippen LogP contribution in [0.5, 0.6) is 0 Å². The summed E-state index contributed by atoms with van der Waals surface area (Å²) >= 11 is 0. The monoisotopic (exact) mass is 1440 g/mol. The summed E-state index contributed by atoms with van der Waals surface area (Å²) in [5.74, 6) is 1.31. The van der Waals surface area contributed by atoms with Gasteiger partial charge < -0.3 is 18.3 Å². The summed E-state index contributed by atoms with van der Waals surface area (Å²) in [4.78, 5) is 60.9. The average Bonchev–Trinajstić information content (AvgIpc) is 0.805. The van der Waals surface area contributed by atoms with E-state index >= 15 is 19.2 Å². The van der Waals surface area contributed by atoms with Gasteiger partial charge in [0.2, 0.25) is 0 Å². The summed E-state index contributed by atoms with van der Waals surface area (Å²) in [6.45, 7) is 8.74. The molecule has 9 aromatic carbocycles. The van der Waals surface area contributed by atoms with E-state index < -0.39 is 0 Å². The van der Waals surface area contributed by atoms with Crippen LogP contribution in [-0.2, 0) is 0 Å². The second-order valence-corrected chi connectivity index (χ2v) is 31.1. The molecule has 0 unspecified atom stereocenters. The molecule has 8 nitrogen and oxygen atoms in total. The zero-order valence-corrected chi connectivity index (χ0v) is 63.8. The molecule has 10 aromatic heterocycles. The number of fused-ring (bicyclic) bond motifs is 2. The van der Waals surface area contributed by atoms with Crippen LogP contribution in [0.3, 0.4) is 0 Å². The van der Waals surface area contributed by atoms with Crippen LogP contribution in [0.15, 0.2) is 225 Å². The molecule has 0 spiro atoms. The van der Waals surface area contributed by atoms with Crippen molar-refractivity contribution in [2.45, 2.75) is 180 Å². The zero-order valence-electron chi connectivity index (χ0n) is 63.8. The van der Waals surface area contributed by atoms with Gasteiger partial charge in [-0.2, -0.15) is 0 Å². The van der Waals surface area contributed by atoms with E-state index in [2.05, 4.69) is 100 Å². The maximum Gasteiger partial charge on any atom is 0.258 e. The van der Waals surface area contributed by atoms with Crippen molar-refractivity contribution in [2.24, 2.45) is 23.7 Å². The maximum absolute atomic E-state index is 15.4. The van der Waals surface area contributed by atoms with Crippen LogP contribution in [0.25, 0.3) is 108 Å². The molecule has 0 saturated heterocycles. The fourth-order valence-electron chi connectivity index (χ4n) is 17.6. The van der Waals surface area contributed by atoms with Crippen LogP contribution in [-0.4, -0.2) is 18.3 Å². The molecule has 10 heterocycles. The number of aromatic nitrogens is 4. The van der Waals surface area contributed by atoms with Gasteiger partial charge in [0, 0.05) is 122 Å². The standard InChI is InChI=1S/C102H94N4O4/c1-71(79-21-9-5-10-22-79)103-93-61-35-75(36-62-93)33-45-83-29-17-19-31-85(83)47-49-87-51-52-88-50-48-86-32-20-18-30-84(86)46-34-76-37-63-94(64-38-76)104(72(2)80-23-11-6-12-24-80)100(108)90-55-59-92(60-56-90)102(110)106(74(4)82-27-15-8-16-28-82)96-67-41-78(42-68-96)44-70-98(88)97(87)69-43-77-39-65-95(66-40-77)105(73(3)81-25-13-7-14-26-81)101(109)91-57-53-89(54-58-91)99(103)107/h17-20,29-32,35-42,51-68,71-74,79-82H,5-16,21-28H2,1-4H3/t71-,72-,73-,74-/m1/s1. The first-order valence-electron chi connectivity index (χ1n) is 40.3. The second-order valence-electron chi connectivity index (χ2n) is 31.1. The molecule has 4 fully saturated rings. The molecule has 4 aliphatic carbocycles. The molecule has 12 bridgehead atoms. The second kappa shape index (κ2) is 34.2. The SMILES string of the molecule is C[C@H](C1CCCCC1)n1c(=O)c2ccc(cc2)c(=O)n([C@H](C)C2CCCCC2)c2ccc(c#cc3c(c#cc4ccccc4c#cc4ccc1cc4)ccc1c#cc4ccccc4c#cc4ccc(cc4)n([C@H](C)C4CCCCC4)c(=O)c4ccc(cc4)c(=O)n([C@H](C)C4CCCCC4)c4ccc(c#cc13)cc4)cc2. The van der Waals surface area contributed by atoms with E-state index in [4.69, 9.17) is 0 Å². The van der Waals surface area contributed by atoms with Crippen LogP contribution in [0, 0.1) is 96.5 Å². The van der Waals surface area contributed by atoms with Crippen molar-refractivity contribution in [3.05, 3.63) is 320 Å². The van der Waals surface area contributed by atoms with Crippen molar-refractivity contribution in [1.29, 1.82) is 0 Å². The summed E-state index contributed by atoms with van der Waals surface area (Å²) in [5.41, 5.74) is 2.69. The molecule has 0 radical (unpaired) electrons. The van der Waals surface area contributed by atoms with Gasteiger partial charge in [0.05, 0.1) is 10.8 Å². The highest BCUT2D eigenvalue weighted by molar-refractivity contribution is 6.04. The first-order chi connectivity index (χ1) is 53.9. The van der Waals surface area contributed by atoms with Crippen molar-refractivity contribution in [3.63, 3.8) is 0 Å². The first-order valence-corrected chi connectivity index (χ1v) is 40.3. The number of nitrogens with zero attached hydrogens (tertiary/aromatic N) is 4. The Kier molecular flexibility index (Phi) is 22.9. The molecular formula is C102H94N4O4. The minimum Gasteiger partial charge on any atom is -0.305 e. The lowest BCUT2D eigenvalue weighted by Crippen LogP contribution is -2.29. The van der Waals surface area contributed by atoms with E-state index in [1.54, 1.807) is 0 Å². The minimum absolute atomic E-state index is 0.0625. The van der Waals surface area contributed by atoms with Crippen molar-refractivity contribution >= 4 is 108 Å². The Morgan fingerprint density at radius 3 is 0.655 bits per heavy atom. The summed E-state index contributed by atoms with van der Waals surface area (Å²) in [6.07, 6.45) is 22.3. The van der Waals surface area contributed by atoms with Gasteiger partial charge in [0.1, 0.15) is 0 Å². The Morgan fingerprint density at radius 2 is 0.427 bits per heavy atom. The number of hydrogen-bond acceptors (Lipinski definition) is 4. The predicted molar refractivity (Wildman–Crippen MR) is 453 cm³/mol. The van der Waals surface area contributed by atoms with Gasteiger partial charge in [-0.05, 0) is 285 Å². The zero-order chi connectivity index (χ0) is 75.5. The molecule has 4 aliphatic rings. The van der Waals surface area contributed by atoms with Gasteiger partial charge in [-0.3, -0.25) is 19.2 Å². The molecule has 23 rings (SSSR count).